The number of aryl methyl sites for hydroxylation is 2. The van der Waals surface area contributed by atoms with Gasteiger partial charge in [0.25, 0.3) is 0 Å². The fraction of sp³-hybridized carbons (Fsp3) is 0.194. The smallest absolute Gasteiger partial charge is 0.0540 e. The highest BCUT2D eigenvalue weighted by Crippen LogP contribution is 2.57. The van der Waals surface area contributed by atoms with Crippen LogP contribution in [0.15, 0.2) is 200 Å². The van der Waals surface area contributed by atoms with Crippen molar-refractivity contribution in [2.24, 2.45) is 0 Å². The molecule has 1 heteroatoms. The molecule has 0 amide bonds. The fourth-order valence-corrected chi connectivity index (χ4v) is 13.7. The Balaban J connectivity index is 0.954. The molecule has 0 heterocycles. The molecule has 0 saturated carbocycles. The highest BCUT2D eigenvalue weighted by molar-refractivity contribution is 6.22. The van der Waals surface area contributed by atoms with Gasteiger partial charge in [0.1, 0.15) is 0 Å². The molecule has 0 fully saturated rings. The van der Waals surface area contributed by atoms with Crippen LogP contribution in [0.5, 0.6) is 0 Å². The van der Waals surface area contributed by atoms with Crippen molar-refractivity contribution >= 4 is 60.2 Å². The minimum absolute atomic E-state index is 0.0679. The van der Waals surface area contributed by atoms with Crippen LogP contribution >= 0.6 is 0 Å². The summed E-state index contributed by atoms with van der Waals surface area (Å²) in [5.74, 6) is 0. The summed E-state index contributed by atoms with van der Waals surface area (Å²) in [6.45, 7) is 14.0. The lowest BCUT2D eigenvalue weighted by molar-refractivity contribution is 0.414. The molecule has 0 aromatic heterocycles. The van der Waals surface area contributed by atoms with Gasteiger partial charge < -0.3 is 4.90 Å². The van der Waals surface area contributed by atoms with Crippen LogP contribution in [0.25, 0.3) is 87.6 Å². The summed E-state index contributed by atoms with van der Waals surface area (Å²) in [5, 5.41) is 10.2. The molecule has 11 aromatic carbocycles. The summed E-state index contributed by atoms with van der Waals surface area (Å²) in [6, 6.07) is 76.8. The van der Waals surface area contributed by atoms with Crippen LogP contribution in [0.1, 0.15) is 99.6 Å². The van der Waals surface area contributed by atoms with E-state index < -0.39 is 0 Å². The lowest BCUT2D eigenvalue weighted by atomic mass is 9.70. The van der Waals surface area contributed by atoms with Crippen LogP contribution in [0.4, 0.5) is 17.1 Å². The number of fused-ring (bicyclic) bond motifs is 10. The van der Waals surface area contributed by atoms with Crippen LogP contribution in [0.2, 0.25) is 0 Å². The topological polar surface area (TPSA) is 3.24 Å². The van der Waals surface area contributed by atoms with Crippen molar-refractivity contribution in [1.29, 1.82) is 0 Å². The van der Waals surface area contributed by atoms with E-state index in [-0.39, 0.29) is 10.8 Å². The Bertz CT molecular complexity index is 3860. The monoisotopic (exact) mass is 941 g/mol. The van der Waals surface area contributed by atoms with Crippen molar-refractivity contribution in [2.75, 3.05) is 4.90 Å². The molecule has 0 N–H and O–H groups in total. The fourth-order valence-electron chi connectivity index (χ4n) is 13.7. The Labute approximate surface area is 431 Å². The normalized spacial score (nSPS) is 13.9. The number of nitrogens with zero attached hydrogens (tertiary/aromatic N) is 1. The number of anilines is 3. The predicted octanol–water partition coefficient (Wildman–Crippen LogP) is 20.7. The number of hydrogen-bond acceptors (Lipinski definition) is 1. The Morgan fingerprint density at radius 3 is 1.33 bits per heavy atom. The standard InChI is InChI=1S/C72H63N/c1-7-9-41-72(42-10-8-2)63-30-20-19-23-53(63)62-43-48(34-38-64(62)72)69-58-26-15-17-28-60(58)70(61-29-18-16-27-59(61)69)49-33-36-54-55-37-35-50(45-66(55)71(5,6)65(54)44-49)73(67-39-31-46(3)51-21-11-13-24-56(51)67)68-40-32-47(4)52-22-12-14-25-57(52)68/h11-40,43-45H,7-10,41-42H2,1-6H3. The minimum Gasteiger partial charge on any atom is -0.309 e. The average molecular weight is 942 g/mol. The van der Waals surface area contributed by atoms with Gasteiger partial charge in [-0.25, -0.2) is 0 Å². The quantitative estimate of drug-likeness (QED) is 0.117. The van der Waals surface area contributed by atoms with Gasteiger partial charge in [-0.1, -0.05) is 217 Å². The minimum atomic E-state index is -0.261. The van der Waals surface area contributed by atoms with Gasteiger partial charge in [0, 0.05) is 27.3 Å². The van der Waals surface area contributed by atoms with Crippen LogP contribution in [0, 0.1) is 13.8 Å². The summed E-state index contributed by atoms with van der Waals surface area (Å²) in [5.41, 5.74) is 22.3. The zero-order valence-electron chi connectivity index (χ0n) is 43.2. The van der Waals surface area contributed by atoms with Crippen LogP contribution in [0.3, 0.4) is 0 Å². The van der Waals surface area contributed by atoms with Crippen LogP contribution in [-0.2, 0) is 10.8 Å². The van der Waals surface area contributed by atoms with Crippen molar-refractivity contribution < 1.29 is 0 Å². The molecule has 11 aromatic rings. The zero-order chi connectivity index (χ0) is 49.6. The maximum atomic E-state index is 2.55. The van der Waals surface area contributed by atoms with Crippen molar-refractivity contribution in [3.63, 3.8) is 0 Å². The van der Waals surface area contributed by atoms with E-state index >= 15 is 0 Å². The van der Waals surface area contributed by atoms with Gasteiger partial charge in [0.15, 0.2) is 0 Å². The van der Waals surface area contributed by atoms with Crippen LogP contribution in [-0.4, -0.2) is 0 Å². The molecule has 0 atom stereocenters. The van der Waals surface area contributed by atoms with E-state index in [1.54, 1.807) is 0 Å². The SMILES string of the molecule is CCCCC1(CCCC)c2ccccc2-c2cc(-c3c4ccccc4c(-c4ccc5c(c4)C(C)(C)c4cc(N(c6ccc(C)c7ccccc67)c6ccc(C)c7ccccc67)ccc4-5)c4ccccc34)ccc21. The Hall–Kier alpha value is -7.74. The maximum Gasteiger partial charge on any atom is 0.0540 e. The molecule has 13 rings (SSSR count). The van der Waals surface area contributed by atoms with E-state index in [2.05, 4.69) is 247 Å². The highest BCUT2D eigenvalue weighted by Gasteiger charge is 2.42. The molecule has 356 valence electrons. The highest BCUT2D eigenvalue weighted by atomic mass is 15.1. The third-order valence-corrected chi connectivity index (χ3v) is 17.3. The Morgan fingerprint density at radius 2 is 0.781 bits per heavy atom. The molecular weight excluding hydrogens is 879 g/mol. The third kappa shape index (κ3) is 6.88. The van der Waals surface area contributed by atoms with Gasteiger partial charge in [0.05, 0.1) is 11.4 Å². The van der Waals surface area contributed by atoms with Gasteiger partial charge in [-0.2, -0.15) is 0 Å². The number of benzene rings is 11. The molecule has 0 saturated heterocycles. The van der Waals surface area contributed by atoms with Crippen molar-refractivity contribution in [1.82, 2.24) is 0 Å². The molecule has 0 spiro atoms. The number of hydrogen-bond donors (Lipinski definition) is 0. The molecule has 0 radical (unpaired) electrons. The van der Waals surface area contributed by atoms with E-state index in [1.165, 1.54) is 171 Å². The third-order valence-electron chi connectivity index (χ3n) is 17.3. The first-order chi connectivity index (χ1) is 35.7. The van der Waals surface area contributed by atoms with Gasteiger partial charge in [0.2, 0.25) is 0 Å². The largest absolute Gasteiger partial charge is 0.309 e. The van der Waals surface area contributed by atoms with E-state index in [0.29, 0.717) is 0 Å². The maximum absolute atomic E-state index is 2.55. The Kier molecular flexibility index (Phi) is 10.8. The molecule has 0 aliphatic heterocycles. The molecule has 0 unspecified atom stereocenters. The number of unbranched alkanes of at least 4 members (excludes halogenated alkanes) is 2. The summed E-state index contributed by atoms with van der Waals surface area (Å²) in [6.07, 6.45) is 7.29. The second-order valence-electron chi connectivity index (χ2n) is 21.8. The van der Waals surface area contributed by atoms with Gasteiger partial charge in [-0.05, 0) is 173 Å². The van der Waals surface area contributed by atoms with Gasteiger partial charge >= 0.3 is 0 Å². The zero-order valence-corrected chi connectivity index (χ0v) is 43.2. The summed E-state index contributed by atoms with van der Waals surface area (Å²) in [4.78, 5) is 2.52. The first-order valence-corrected chi connectivity index (χ1v) is 27.0. The van der Waals surface area contributed by atoms with Gasteiger partial charge in [-0.15, -0.1) is 0 Å². The molecule has 1 nitrogen and oxygen atoms in total. The second-order valence-corrected chi connectivity index (χ2v) is 21.8. The molecule has 2 aliphatic carbocycles. The summed E-state index contributed by atoms with van der Waals surface area (Å²) >= 11 is 0. The van der Waals surface area contributed by atoms with E-state index in [0.717, 1.165) is 5.69 Å². The summed E-state index contributed by atoms with van der Waals surface area (Å²) < 4.78 is 0. The predicted molar refractivity (Wildman–Crippen MR) is 314 cm³/mol. The lowest BCUT2D eigenvalue weighted by Gasteiger charge is -2.32. The molecule has 0 bridgehead atoms. The van der Waals surface area contributed by atoms with Crippen LogP contribution < -0.4 is 4.90 Å². The number of rotatable bonds is 11. The first-order valence-electron chi connectivity index (χ1n) is 27.0. The lowest BCUT2D eigenvalue weighted by Crippen LogP contribution is -2.25. The summed E-state index contributed by atoms with van der Waals surface area (Å²) in [7, 11) is 0. The Morgan fingerprint density at radius 1 is 0.356 bits per heavy atom. The molecule has 2 aliphatic rings. The van der Waals surface area contributed by atoms with E-state index in [4.69, 9.17) is 0 Å². The molecule has 73 heavy (non-hydrogen) atoms. The second kappa shape index (κ2) is 17.5. The van der Waals surface area contributed by atoms with Crippen molar-refractivity contribution in [2.45, 2.75) is 90.9 Å². The molecular formula is C72H63N. The van der Waals surface area contributed by atoms with Crippen molar-refractivity contribution in [3.05, 3.63) is 234 Å². The van der Waals surface area contributed by atoms with E-state index in [9.17, 15) is 0 Å². The van der Waals surface area contributed by atoms with Crippen molar-refractivity contribution in [3.8, 4) is 44.5 Å². The average Bonchev–Trinajstić information content (AvgIpc) is 3.83. The first kappa shape index (κ1) is 45.1. The van der Waals surface area contributed by atoms with E-state index in [1.807, 2.05) is 0 Å². The van der Waals surface area contributed by atoms with Gasteiger partial charge in [-0.3, -0.25) is 0 Å².